The van der Waals surface area contributed by atoms with Gasteiger partial charge in [-0.2, -0.15) is 0 Å². The number of hydrogen-bond donors (Lipinski definition) is 2. The van der Waals surface area contributed by atoms with Crippen molar-refractivity contribution in [3.05, 3.63) is 41.0 Å². The minimum Gasteiger partial charge on any atom is -0.496 e. The van der Waals surface area contributed by atoms with Crippen molar-refractivity contribution in [2.45, 2.75) is 0 Å². The maximum atomic E-state index is 12.2. The maximum absolute atomic E-state index is 12.2. The van der Waals surface area contributed by atoms with Gasteiger partial charge < -0.3 is 9.47 Å². The quantitative estimate of drug-likeness (QED) is 0.821. The smallest absolute Gasteiger partial charge is 0.277 e. The second-order valence-electron chi connectivity index (χ2n) is 3.86. The highest BCUT2D eigenvalue weighted by Crippen LogP contribution is 2.27. The maximum Gasteiger partial charge on any atom is 0.277 e. The number of ether oxygens (including phenoxy) is 2. The largest absolute Gasteiger partial charge is 0.496 e. The number of hydrazine groups is 1. The summed E-state index contributed by atoms with van der Waals surface area (Å²) >= 11 is 5.63. The highest BCUT2D eigenvalue weighted by Gasteiger charge is 2.17. The SMILES string of the molecule is COc1cccc(OC)c1C(=O)NNc1ccc(Cl)nn1. The fourth-order valence-corrected chi connectivity index (χ4v) is 1.74. The molecule has 0 bridgehead atoms. The Morgan fingerprint density at radius 1 is 1.10 bits per heavy atom. The number of carbonyl (C=O) groups is 1. The first-order valence-electron chi connectivity index (χ1n) is 5.92. The van der Waals surface area contributed by atoms with Gasteiger partial charge in [0.2, 0.25) is 0 Å². The summed E-state index contributed by atoms with van der Waals surface area (Å²) in [5.41, 5.74) is 5.39. The third kappa shape index (κ3) is 3.51. The van der Waals surface area contributed by atoms with E-state index in [1.54, 1.807) is 30.3 Å². The number of aromatic nitrogens is 2. The van der Waals surface area contributed by atoms with E-state index in [1.165, 1.54) is 14.2 Å². The molecule has 1 aromatic carbocycles. The summed E-state index contributed by atoms with van der Waals surface area (Å²) in [6.07, 6.45) is 0. The third-order valence-corrected chi connectivity index (χ3v) is 2.79. The molecule has 0 unspecified atom stereocenters. The van der Waals surface area contributed by atoms with Crippen LogP contribution in [0.25, 0.3) is 0 Å². The van der Waals surface area contributed by atoms with Crippen LogP contribution >= 0.6 is 11.6 Å². The summed E-state index contributed by atoms with van der Waals surface area (Å²) in [7, 11) is 2.95. The molecule has 0 atom stereocenters. The van der Waals surface area contributed by atoms with Crippen molar-refractivity contribution in [1.29, 1.82) is 0 Å². The first kappa shape index (κ1) is 14.9. The summed E-state index contributed by atoms with van der Waals surface area (Å²) in [6.45, 7) is 0. The van der Waals surface area contributed by atoms with Gasteiger partial charge in [0.15, 0.2) is 11.0 Å². The van der Waals surface area contributed by atoms with E-state index in [0.717, 1.165) is 0 Å². The molecule has 21 heavy (non-hydrogen) atoms. The molecule has 2 N–H and O–H groups in total. The molecule has 2 rings (SSSR count). The molecule has 1 amide bonds. The molecule has 8 heteroatoms. The monoisotopic (exact) mass is 308 g/mol. The predicted octanol–water partition coefficient (Wildman–Crippen LogP) is 1.90. The summed E-state index contributed by atoms with van der Waals surface area (Å²) < 4.78 is 10.3. The minimum atomic E-state index is -0.430. The fraction of sp³-hybridized carbons (Fsp3) is 0.154. The van der Waals surface area contributed by atoms with Gasteiger partial charge in [-0.15, -0.1) is 10.2 Å². The summed E-state index contributed by atoms with van der Waals surface area (Å²) in [5, 5.41) is 7.67. The van der Waals surface area contributed by atoms with Crippen molar-refractivity contribution in [3.63, 3.8) is 0 Å². The van der Waals surface area contributed by atoms with Crippen LogP contribution in [0.4, 0.5) is 5.82 Å². The topological polar surface area (TPSA) is 85.4 Å². The van der Waals surface area contributed by atoms with E-state index in [4.69, 9.17) is 21.1 Å². The van der Waals surface area contributed by atoms with Gasteiger partial charge in [-0.25, -0.2) is 0 Å². The lowest BCUT2D eigenvalue weighted by atomic mass is 10.1. The van der Waals surface area contributed by atoms with E-state index in [2.05, 4.69) is 21.0 Å². The van der Waals surface area contributed by atoms with E-state index >= 15 is 0 Å². The Labute approximate surface area is 126 Å². The van der Waals surface area contributed by atoms with Crippen molar-refractivity contribution < 1.29 is 14.3 Å². The zero-order valence-corrected chi connectivity index (χ0v) is 12.1. The van der Waals surface area contributed by atoms with Crippen molar-refractivity contribution in [2.24, 2.45) is 0 Å². The van der Waals surface area contributed by atoms with Crippen LogP contribution in [0.5, 0.6) is 11.5 Å². The Balaban J connectivity index is 2.15. The molecule has 1 heterocycles. The number of carbonyl (C=O) groups excluding carboxylic acids is 1. The number of nitrogens with zero attached hydrogens (tertiary/aromatic N) is 2. The van der Waals surface area contributed by atoms with Gasteiger partial charge in [0, 0.05) is 0 Å². The predicted molar refractivity (Wildman–Crippen MR) is 77.7 cm³/mol. The molecular formula is C13H13ClN4O3. The van der Waals surface area contributed by atoms with Crippen LogP contribution in [-0.4, -0.2) is 30.3 Å². The Kier molecular flexibility index (Phi) is 4.78. The minimum absolute atomic E-state index is 0.262. The van der Waals surface area contributed by atoms with E-state index in [9.17, 15) is 4.79 Å². The average molecular weight is 309 g/mol. The number of halogens is 1. The van der Waals surface area contributed by atoms with E-state index in [0.29, 0.717) is 17.3 Å². The number of nitrogens with one attached hydrogen (secondary N) is 2. The number of anilines is 1. The van der Waals surface area contributed by atoms with E-state index in [-0.39, 0.29) is 10.7 Å². The van der Waals surface area contributed by atoms with Crippen molar-refractivity contribution >= 4 is 23.3 Å². The fourth-order valence-electron chi connectivity index (χ4n) is 1.64. The number of rotatable bonds is 5. The van der Waals surface area contributed by atoms with Gasteiger partial charge in [-0.1, -0.05) is 17.7 Å². The van der Waals surface area contributed by atoms with Crippen LogP contribution in [0.15, 0.2) is 30.3 Å². The highest BCUT2D eigenvalue weighted by molar-refractivity contribution is 6.29. The second-order valence-corrected chi connectivity index (χ2v) is 4.25. The van der Waals surface area contributed by atoms with Crippen LogP contribution in [0.1, 0.15) is 10.4 Å². The van der Waals surface area contributed by atoms with Crippen molar-refractivity contribution in [1.82, 2.24) is 15.6 Å². The molecule has 0 aliphatic rings. The highest BCUT2D eigenvalue weighted by atomic mass is 35.5. The Morgan fingerprint density at radius 3 is 2.29 bits per heavy atom. The summed E-state index contributed by atoms with van der Waals surface area (Å²) in [5.74, 6) is 0.717. The van der Waals surface area contributed by atoms with E-state index in [1.807, 2.05) is 0 Å². The molecular weight excluding hydrogens is 296 g/mol. The van der Waals surface area contributed by atoms with Crippen molar-refractivity contribution in [3.8, 4) is 11.5 Å². The van der Waals surface area contributed by atoms with Crippen LogP contribution in [0.2, 0.25) is 5.15 Å². The zero-order valence-electron chi connectivity index (χ0n) is 11.4. The lowest BCUT2D eigenvalue weighted by molar-refractivity contribution is 0.0956. The number of amides is 1. The first-order chi connectivity index (χ1) is 10.2. The van der Waals surface area contributed by atoms with Crippen molar-refractivity contribution in [2.75, 3.05) is 19.6 Å². The molecule has 0 radical (unpaired) electrons. The number of hydrogen-bond acceptors (Lipinski definition) is 6. The van der Waals surface area contributed by atoms with Crippen LogP contribution in [-0.2, 0) is 0 Å². The molecule has 110 valence electrons. The van der Waals surface area contributed by atoms with Crippen LogP contribution in [0, 0.1) is 0 Å². The Morgan fingerprint density at radius 2 is 1.76 bits per heavy atom. The zero-order chi connectivity index (χ0) is 15.2. The van der Waals surface area contributed by atoms with Gasteiger partial charge in [-0.3, -0.25) is 15.6 Å². The Hall–Kier alpha value is -2.54. The Bertz CT molecular complexity index is 612. The molecule has 0 aliphatic carbocycles. The number of methoxy groups -OCH3 is 2. The van der Waals surface area contributed by atoms with Gasteiger partial charge in [0.05, 0.1) is 14.2 Å². The molecule has 2 aromatic rings. The average Bonchev–Trinajstić information content (AvgIpc) is 2.53. The summed E-state index contributed by atoms with van der Waals surface area (Å²) in [4.78, 5) is 12.2. The van der Waals surface area contributed by atoms with Gasteiger partial charge in [0.1, 0.15) is 17.1 Å². The lowest BCUT2D eigenvalue weighted by Crippen LogP contribution is -2.30. The van der Waals surface area contributed by atoms with E-state index < -0.39 is 5.91 Å². The standard InChI is InChI=1S/C13H13ClN4O3/c1-20-8-4-3-5-9(21-2)12(8)13(19)18-17-11-7-6-10(14)15-16-11/h3-7H,1-2H3,(H,16,17)(H,18,19). The second kappa shape index (κ2) is 6.76. The molecule has 0 fully saturated rings. The van der Waals surface area contributed by atoms with Gasteiger partial charge >= 0.3 is 0 Å². The lowest BCUT2D eigenvalue weighted by Gasteiger charge is -2.13. The molecule has 0 aliphatic heterocycles. The third-order valence-electron chi connectivity index (χ3n) is 2.59. The van der Waals surface area contributed by atoms with Gasteiger partial charge in [0.25, 0.3) is 5.91 Å². The first-order valence-corrected chi connectivity index (χ1v) is 6.30. The van der Waals surface area contributed by atoms with Gasteiger partial charge in [-0.05, 0) is 24.3 Å². The van der Waals surface area contributed by atoms with Crippen LogP contribution < -0.4 is 20.3 Å². The normalized spacial score (nSPS) is 9.86. The summed E-state index contributed by atoms with van der Waals surface area (Å²) in [6, 6.07) is 8.19. The molecule has 0 spiro atoms. The molecule has 7 nitrogen and oxygen atoms in total. The number of benzene rings is 1. The van der Waals surface area contributed by atoms with Crippen LogP contribution in [0.3, 0.4) is 0 Å². The molecule has 1 aromatic heterocycles. The molecule has 0 saturated carbocycles. The molecule has 0 saturated heterocycles.